The number of hydrogen-bond donors (Lipinski definition) is 0. The van der Waals surface area contributed by atoms with Crippen molar-refractivity contribution in [1.82, 2.24) is 0 Å². The predicted octanol–water partition coefficient (Wildman–Crippen LogP) is 1.99. The number of ether oxygens (including phenoxy) is 4. The third-order valence-corrected chi connectivity index (χ3v) is 3.50. The lowest BCUT2D eigenvalue weighted by Gasteiger charge is -2.07. The van der Waals surface area contributed by atoms with E-state index in [0.29, 0.717) is 50.0 Å². The first-order valence-electron chi connectivity index (χ1n) is 9.16. The summed E-state index contributed by atoms with van der Waals surface area (Å²) < 4.78 is 20.6. The molecule has 0 aliphatic heterocycles. The molecular weight excluding hydrogens is 368 g/mol. The lowest BCUT2D eigenvalue weighted by molar-refractivity contribution is -0.108. The van der Waals surface area contributed by atoms with Crippen molar-refractivity contribution in [2.45, 2.75) is 25.7 Å². The van der Waals surface area contributed by atoms with Gasteiger partial charge in [0.25, 0.3) is 0 Å². The van der Waals surface area contributed by atoms with Gasteiger partial charge in [-0.3, -0.25) is 0 Å². The molecule has 0 fully saturated rings. The Labute approximate surface area is 164 Å². The summed E-state index contributed by atoms with van der Waals surface area (Å²) in [6.45, 7) is 1.61. The normalized spacial score (nSPS) is 10.3. The van der Waals surface area contributed by atoms with Crippen LogP contribution in [0.1, 0.15) is 46.4 Å². The molecule has 8 heteroatoms. The summed E-state index contributed by atoms with van der Waals surface area (Å²) in [5, 5.41) is 0. The van der Waals surface area contributed by atoms with E-state index in [2.05, 4.69) is 0 Å². The van der Waals surface area contributed by atoms with Crippen molar-refractivity contribution >= 4 is 24.5 Å². The van der Waals surface area contributed by atoms with Gasteiger partial charge in [0.2, 0.25) is 0 Å². The highest BCUT2D eigenvalue weighted by Gasteiger charge is 2.11. The van der Waals surface area contributed by atoms with E-state index in [1.54, 1.807) is 0 Å². The first-order valence-corrected chi connectivity index (χ1v) is 9.16. The maximum atomic E-state index is 11.9. The fraction of sp³-hybridized carbons (Fsp3) is 0.500. The second kappa shape index (κ2) is 15.5. The summed E-state index contributed by atoms with van der Waals surface area (Å²) in [6, 6.07) is 5.94. The third kappa shape index (κ3) is 10.5. The van der Waals surface area contributed by atoms with E-state index in [1.807, 2.05) is 0 Å². The van der Waals surface area contributed by atoms with Crippen molar-refractivity contribution in [2.75, 3.05) is 39.6 Å². The second-order valence-corrected chi connectivity index (χ2v) is 5.69. The monoisotopic (exact) mass is 394 g/mol. The highest BCUT2D eigenvalue weighted by Crippen LogP contribution is 2.07. The average Bonchev–Trinajstić information content (AvgIpc) is 2.72. The van der Waals surface area contributed by atoms with E-state index in [4.69, 9.17) is 18.9 Å². The van der Waals surface area contributed by atoms with Crippen LogP contribution in [0.4, 0.5) is 0 Å². The van der Waals surface area contributed by atoms with Gasteiger partial charge in [-0.1, -0.05) is 0 Å². The molecule has 0 amide bonds. The van der Waals surface area contributed by atoms with Crippen LogP contribution in [0.5, 0.6) is 0 Å². The summed E-state index contributed by atoms with van der Waals surface area (Å²) in [4.78, 5) is 44.1. The van der Waals surface area contributed by atoms with E-state index in [-0.39, 0.29) is 26.4 Å². The molecule has 0 N–H and O–H groups in total. The molecule has 0 aliphatic carbocycles. The van der Waals surface area contributed by atoms with Crippen molar-refractivity contribution < 1.29 is 38.1 Å². The number of hydrogen-bond acceptors (Lipinski definition) is 8. The van der Waals surface area contributed by atoms with E-state index < -0.39 is 11.9 Å². The van der Waals surface area contributed by atoms with Gasteiger partial charge in [0.15, 0.2) is 0 Å². The molecule has 1 aromatic carbocycles. The zero-order chi connectivity index (χ0) is 20.5. The Morgan fingerprint density at radius 3 is 1.39 bits per heavy atom. The van der Waals surface area contributed by atoms with Gasteiger partial charge < -0.3 is 28.5 Å². The number of rotatable bonds is 16. The highest BCUT2D eigenvalue weighted by atomic mass is 16.6. The molecule has 28 heavy (non-hydrogen) atoms. The van der Waals surface area contributed by atoms with Gasteiger partial charge in [-0.25, -0.2) is 9.59 Å². The number of carbonyl (C=O) groups is 4. The van der Waals surface area contributed by atoms with Gasteiger partial charge in [0.05, 0.1) is 24.3 Å². The Kier molecular flexibility index (Phi) is 13.0. The maximum Gasteiger partial charge on any atom is 0.338 e. The van der Waals surface area contributed by atoms with Gasteiger partial charge in [0, 0.05) is 26.1 Å². The predicted molar refractivity (Wildman–Crippen MR) is 99.2 cm³/mol. The molecule has 0 heterocycles. The Hall–Kier alpha value is -2.58. The summed E-state index contributed by atoms with van der Waals surface area (Å²) in [7, 11) is 0. The van der Waals surface area contributed by atoms with Crippen LogP contribution in [0.15, 0.2) is 24.3 Å². The van der Waals surface area contributed by atoms with E-state index >= 15 is 0 Å². The lowest BCUT2D eigenvalue weighted by Crippen LogP contribution is -2.13. The highest BCUT2D eigenvalue weighted by molar-refractivity contribution is 5.93. The topological polar surface area (TPSA) is 105 Å². The Bertz CT molecular complexity index is 544. The minimum absolute atomic E-state index is 0.108. The van der Waals surface area contributed by atoms with E-state index in [0.717, 1.165) is 12.6 Å². The van der Waals surface area contributed by atoms with Crippen LogP contribution in [-0.2, 0) is 28.5 Å². The van der Waals surface area contributed by atoms with Crippen molar-refractivity contribution in [3.05, 3.63) is 35.4 Å². The third-order valence-electron chi connectivity index (χ3n) is 3.50. The van der Waals surface area contributed by atoms with Crippen molar-refractivity contribution in [3.8, 4) is 0 Å². The number of carbonyl (C=O) groups excluding carboxylic acids is 4. The Morgan fingerprint density at radius 1 is 0.643 bits per heavy atom. The summed E-state index contributed by atoms with van der Waals surface area (Å²) >= 11 is 0. The molecule has 0 unspecified atom stereocenters. The summed E-state index contributed by atoms with van der Waals surface area (Å²) in [5.74, 6) is -1.03. The van der Waals surface area contributed by atoms with Crippen LogP contribution < -0.4 is 0 Å². The van der Waals surface area contributed by atoms with Crippen molar-refractivity contribution in [3.63, 3.8) is 0 Å². The quantitative estimate of drug-likeness (QED) is 0.238. The summed E-state index contributed by atoms with van der Waals surface area (Å²) in [6.07, 6.45) is 3.83. The van der Waals surface area contributed by atoms with Crippen LogP contribution >= 0.6 is 0 Å². The molecule has 0 saturated heterocycles. The number of aldehydes is 2. The molecule has 0 saturated carbocycles. The zero-order valence-corrected chi connectivity index (χ0v) is 15.8. The first kappa shape index (κ1) is 23.5. The Morgan fingerprint density at radius 2 is 1.04 bits per heavy atom. The molecule has 0 aromatic heterocycles. The fourth-order valence-electron chi connectivity index (χ4n) is 2.04. The molecule has 0 aliphatic rings. The van der Waals surface area contributed by atoms with Crippen LogP contribution in [-0.4, -0.2) is 64.2 Å². The molecule has 0 bridgehead atoms. The number of benzene rings is 1. The van der Waals surface area contributed by atoms with Crippen LogP contribution in [0.3, 0.4) is 0 Å². The first-order chi connectivity index (χ1) is 13.7. The number of esters is 2. The van der Waals surface area contributed by atoms with Crippen LogP contribution in [0.25, 0.3) is 0 Å². The zero-order valence-electron chi connectivity index (χ0n) is 15.8. The van der Waals surface area contributed by atoms with Gasteiger partial charge in [-0.05, 0) is 37.1 Å². The Balaban J connectivity index is 2.22. The van der Waals surface area contributed by atoms with Crippen LogP contribution in [0, 0.1) is 0 Å². The van der Waals surface area contributed by atoms with Gasteiger partial charge in [0.1, 0.15) is 25.8 Å². The molecule has 1 rings (SSSR count). The second-order valence-electron chi connectivity index (χ2n) is 5.69. The van der Waals surface area contributed by atoms with Crippen molar-refractivity contribution in [1.29, 1.82) is 0 Å². The smallest absolute Gasteiger partial charge is 0.338 e. The van der Waals surface area contributed by atoms with E-state index in [9.17, 15) is 19.2 Å². The number of unbranched alkanes of at least 4 members (excludes halogenated alkanes) is 2. The van der Waals surface area contributed by atoms with Gasteiger partial charge >= 0.3 is 11.9 Å². The lowest BCUT2D eigenvalue weighted by atomic mass is 10.1. The van der Waals surface area contributed by atoms with Gasteiger partial charge in [-0.15, -0.1) is 0 Å². The standard InChI is InChI=1S/C20H26O8/c21-9-1-3-11-25-13-15-27-19(23)17-5-7-18(8-6-17)20(24)28-16-14-26-12-4-2-10-22/h5-10H,1-4,11-16H2. The molecule has 0 radical (unpaired) electrons. The van der Waals surface area contributed by atoms with Crippen LogP contribution in [0.2, 0.25) is 0 Å². The molecule has 154 valence electrons. The minimum atomic E-state index is -0.514. The minimum Gasteiger partial charge on any atom is -0.460 e. The van der Waals surface area contributed by atoms with Crippen molar-refractivity contribution in [2.24, 2.45) is 0 Å². The fourth-order valence-corrected chi connectivity index (χ4v) is 2.04. The van der Waals surface area contributed by atoms with E-state index in [1.165, 1.54) is 24.3 Å². The molecule has 8 nitrogen and oxygen atoms in total. The molecule has 1 aromatic rings. The molecular formula is C20H26O8. The van der Waals surface area contributed by atoms with Gasteiger partial charge in [-0.2, -0.15) is 0 Å². The maximum absolute atomic E-state index is 11.9. The SMILES string of the molecule is O=CCCCOCCOC(=O)c1ccc(C(=O)OCCOCCCC=O)cc1. The average molecular weight is 394 g/mol. The molecule has 0 atom stereocenters. The largest absolute Gasteiger partial charge is 0.460 e. The summed E-state index contributed by atoms with van der Waals surface area (Å²) in [5.41, 5.74) is 0.632. The molecule has 0 spiro atoms.